The number of carboxylic acid groups (broad SMARTS) is 1. The number of amides is 1. The minimum absolute atomic E-state index is 0.0693. The number of anilines is 2. The molecule has 1 unspecified atom stereocenters. The molecule has 2 aromatic heterocycles. The monoisotopic (exact) mass is 513 g/mol. The summed E-state index contributed by atoms with van der Waals surface area (Å²) in [5, 5.41) is 18.9. The van der Waals surface area contributed by atoms with Crippen molar-refractivity contribution in [1.82, 2.24) is 25.2 Å². The summed E-state index contributed by atoms with van der Waals surface area (Å²) in [6, 6.07) is 3.53. The molecule has 204 valence electrons. The molecule has 37 heavy (non-hydrogen) atoms. The number of fused-ring (bicyclic) bond motifs is 1. The van der Waals surface area contributed by atoms with Crippen molar-refractivity contribution >= 4 is 23.5 Å². The highest BCUT2D eigenvalue weighted by atomic mass is 16.4. The fraction of sp³-hybridized carbons (Fsp3) is 0.593. The smallest absolute Gasteiger partial charge is 0.326 e. The van der Waals surface area contributed by atoms with Gasteiger partial charge in [0.2, 0.25) is 5.91 Å². The first-order valence-corrected chi connectivity index (χ1v) is 13.4. The highest BCUT2D eigenvalue weighted by Crippen LogP contribution is 2.20. The molecule has 1 amide bonds. The summed E-state index contributed by atoms with van der Waals surface area (Å²) in [6.07, 6.45) is 8.65. The Morgan fingerprint density at radius 3 is 2.68 bits per heavy atom. The molecule has 0 aromatic carbocycles. The van der Waals surface area contributed by atoms with Crippen LogP contribution in [0.2, 0.25) is 0 Å². The summed E-state index contributed by atoms with van der Waals surface area (Å²) >= 11 is 0. The number of nitrogens with zero attached hydrogens (tertiary/aromatic N) is 4. The lowest BCUT2D eigenvalue weighted by Gasteiger charge is -2.24. The van der Waals surface area contributed by atoms with E-state index in [1.165, 1.54) is 18.7 Å². The molecule has 0 spiro atoms. The second-order valence-corrected chi connectivity index (χ2v) is 8.99. The van der Waals surface area contributed by atoms with Gasteiger partial charge in [-0.25, -0.2) is 14.8 Å². The molecule has 3 heterocycles. The van der Waals surface area contributed by atoms with Crippen LogP contribution in [0.25, 0.3) is 0 Å². The van der Waals surface area contributed by atoms with E-state index < -0.39 is 12.0 Å². The lowest BCUT2D eigenvalue weighted by Crippen LogP contribution is -2.39. The van der Waals surface area contributed by atoms with Crippen LogP contribution in [0, 0.1) is 6.92 Å². The van der Waals surface area contributed by atoms with E-state index in [1.807, 2.05) is 20.8 Å². The minimum atomic E-state index is -0.929. The third-order valence-corrected chi connectivity index (χ3v) is 6.02. The predicted octanol–water partition coefficient (Wildman–Crippen LogP) is 3.28. The molecule has 1 atom stereocenters. The van der Waals surface area contributed by atoms with Gasteiger partial charge in [0.05, 0.1) is 11.9 Å². The van der Waals surface area contributed by atoms with Crippen LogP contribution in [0.1, 0.15) is 63.4 Å². The minimum Gasteiger partial charge on any atom is -0.480 e. The van der Waals surface area contributed by atoms with Crippen LogP contribution < -0.4 is 16.0 Å². The molecule has 2 aromatic rings. The van der Waals surface area contributed by atoms with Crippen molar-refractivity contribution in [2.24, 2.45) is 0 Å². The second kappa shape index (κ2) is 16.5. The quantitative estimate of drug-likeness (QED) is 0.281. The predicted molar refractivity (Wildman–Crippen MR) is 147 cm³/mol. The first-order valence-electron chi connectivity index (χ1n) is 13.4. The van der Waals surface area contributed by atoms with E-state index >= 15 is 0 Å². The molecule has 0 aliphatic carbocycles. The number of hydrogen-bond acceptors (Lipinski definition) is 8. The standard InChI is InChI=1S/C25H37N7O3.C2H6/c1-18-16-26-17-23(29-18)31-22(25(34)35)10-14-32(15-12-27-19(2)33)13-4-3-7-21-9-8-20-6-5-11-28-24(20)30-21;1-2/h8-9,16-17,22H,3-7,10-15H2,1-2H3,(H,27,33)(H,28,30)(H,29,31)(H,34,35);1-2H3. The molecule has 0 fully saturated rings. The van der Waals surface area contributed by atoms with Gasteiger partial charge in [-0.1, -0.05) is 19.9 Å². The van der Waals surface area contributed by atoms with Crippen LogP contribution >= 0.6 is 0 Å². The summed E-state index contributed by atoms with van der Waals surface area (Å²) in [6.45, 7) is 10.9. The summed E-state index contributed by atoms with van der Waals surface area (Å²) in [7, 11) is 0. The number of aryl methyl sites for hydroxylation is 3. The Balaban J connectivity index is 0.00000235. The molecule has 1 aliphatic rings. The zero-order valence-electron chi connectivity index (χ0n) is 22.7. The molecule has 0 saturated carbocycles. The van der Waals surface area contributed by atoms with Gasteiger partial charge in [0, 0.05) is 45.0 Å². The number of unbranched alkanes of at least 4 members (excludes halogenated alkanes) is 1. The SMILES string of the molecule is CC.CC(=O)NCCN(CCCCc1ccc2c(n1)NCCC2)CCC(Nc1cncc(C)n1)C(=O)O. The lowest BCUT2D eigenvalue weighted by atomic mass is 10.1. The number of rotatable bonds is 14. The van der Waals surface area contributed by atoms with Gasteiger partial charge in [-0.3, -0.25) is 9.78 Å². The highest BCUT2D eigenvalue weighted by Gasteiger charge is 2.19. The molecular weight excluding hydrogens is 470 g/mol. The van der Waals surface area contributed by atoms with E-state index in [-0.39, 0.29) is 5.91 Å². The normalized spacial score (nSPS) is 13.0. The van der Waals surface area contributed by atoms with Crippen molar-refractivity contribution < 1.29 is 14.7 Å². The van der Waals surface area contributed by atoms with Gasteiger partial charge in [0.1, 0.15) is 17.7 Å². The summed E-state index contributed by atoms with van der Waals surface area (Å²) in [4.78, 5) is 38.5. The zero-order chi connectivity index (χ0) is 27.0. The van der Waals surface area contributed by atoms with Crippen LogP contribution in [-0.4, -0.2) is 75.6 Å². The van der Waals surface area contributed by atoms with E-state index in [0.717, 1.165) is 62.4 Å². The van der Waals surface area contributed by atoms with E-state index in [4.69, 9.17) is 4.98 Å². The number of carbonyl (C=O) groups is 2. The van der Waals surface area contributed by atoms with E-state index in [0.29, 0.717) is 31.9 Å². The third kappa shape index (κ3) is 11.1. The summed E-state index contributed by atoms with van der Waals surface area (Å²) < 4.78 is 0. The number of carbonyl (C=O) groups excluding carboxylic acids is 1. The number of carboxylic acids is 1. The number of nitrogens with one attached hydrogen (secondary N) is 3. The fourth-order valence-electron chi connectivity index (χ4n) is 4.16. The van der Waals surface area contributed by atoms with Crippen LogP contribution in [0.5, 0.6) is 0 Å². The van der Waals surface area contributed by atoms with Crippen molar-refractivity contribution in [3.63, 3.8) is 0 Å². The Labute approximate surface area is 220 Å². The average Bonchev–Trinajstić information content (AvgIpc) is 2.89. The summed E-state index contributed by atoms with van der Waals surface area (Å²) in [5.74, 6) is 0.479. The van der Waals surface area contributed by atoms with Crippen molar-refractivity contribution in [3.8, 4) is 0 Å². The number of aromatic nitrogens is 3. The van der Waals surface area contributed by atoms with Gasteiger partial charge in [-0.05, 0) is 63.6 Å². The molecule has 1 aliphatic heterocycles. The van der Waals surface area contributed by atoms with Gasteiger partial charge in [-0.15, -0.1) is 0 Å². The Morgan fingerprint density at radius 1 is 1.14 bits per heavy atom. The maximum absolute atomic E-state index is 11.8. The molecule has 3 rings (SSSR count). The maximum atomic E-state index is 11.8. The molecule has 4 N–H and O–H groups in total. The van der Waals surface area contributed by atoms with Gasteiger partial charge in [0.25, 0.3) is 0 Å². The number of hydrogen-bond donors (Lipinski definition) is 4. The van der Waals surface area contributed by atoms with Gasteiger partial charge in [-0.2, -0.15) is 0 Å². The van der Waals surface area contributed by atoms with Crippen LogP contribution in [0.4, 0.5) is 11.6 Å². The van der Waals surface area contributed by atoms with Crippen molar-refractivity contribution in [2.45, 2.75) is 72.3 Å². The van der Waals surface area contributed by atoms with Crippen LogP contribution in [-0.2, 0) is 22.4 Å². The lowest BCUT2D eigenvalue weighted by molar-refractivity contribution is -0.138. The first-order chi connectivity index (χ1) is 17.9. The molecular formula is C27H43N7O3. The maximum Gasteiger partial charge on any atom is 0.326 e. The molecule has 0 radical (unpaired) electrons. The Bertz CT molecular complexity index is 986. The van der Waals surface area contributed by atoms with E-state index in [2.05, 4.69) is 43.0 Å². The largest absolute Gasteiger partial charge is 0.480 e. The highest BCUT2D eigenvalue weighted by molar-refractivity contribution is 5.76. The van der Waals surface area contributed by atoms with Gasteiger partial charge in [0.15, 0.2) is 0 Å². The molecule has 10 nitrogen and oxygen atoms in total. The van der Waals surface area contributed by atoms with Gasteiger partial charge < -0.3 is 26.0 Å². The van der Waals surface area contributed by atoms with E-state index in [9.17, 15) is 14.7 Å². The fourth-order valence-corrected chi connectivity index (χ4v) is 4.16. The Hall–Kier alpha value is -3.27. The van der Waals surface area contributed by atoms with Crippen molar-refractivity contribution in [3.05, 3.63) is 41.5 Å². The third-order valence-electron chi connectivity index (χ3n) is 6.02. The molecule has 0 bridgehead atoms. The molecule has 10 heteroatoms. The Morgan fingerprint density at radius 2 is 1.95 bits per heavy atom. The number of pyridine rings is 1. The molecule has 0 saturated heterocycles. The van der Waals surface area contributed by atoms with E-state index in [1.54, 1.807) is 6.20 Å². The van der Waals surface area contributed by atoms with Crippen molar-refractivity contribution in [2.75, 3.05) is 43.4 Å². The van der Waals surface area contributed by atoms with Crippen molar-refractivity contribution in [1.29, 1.82) is 0 Å². The second-order valence-electron chi connectivity index (χ2n) is 8.99. The van der Waals surface area contributed by atoms with Crippen LogP contribution in [0.15, 0.2) is 24.5 Å². The number of aliphatic carboxylic acids is 1. The zero-order valence-corrected chi connectivity index (χ0v) is 22.7. The topological polar surface area (TPSA) is 132 Å². The van der Waals surface area contributed by atoms with Crippen LogP contribution in [0.3, 0.4) is 0 Å². The average molecular weight is 514 g/mol. The summed E-state index contributed by atoms with van der Waals surface area (Å²) in [5.41, 5.74) is 3.11. The van der Waals surface area contributed by atoms with Gasteiger partial charge >= 0.3 is 5.97 Å². The first kappa shape index (κ1) is 30.0. The Kier molecular flexibility index (Phi) is 13.3.